The Morgan fingerprint density at radius 3 is 2.20 bits per heavy atom. The van der Waals surface area contributed by atoms with Crippen LogP contribution in [-0.2, 0) is 14.7 Å². The number of rotatable bonds is 7. The summed E-state index contributed by atoms with van der Waals surface area (Å²) < 4.78 is 0. The fourth-order valence-corrected chi connectivity index (χ4v) is 1.29. The van der Waals surface area contributed by atoms with Crippen molar-refractivity contribution in [2.75, 3.05) is 0 Å². The van der Waals surface area contributed by atoms with Gasteiger partial charge in [-0.3, -0.25) is 4.79 Å². The Hall–Kier alpha value is -1.06. The summed E-state index contributed by atoms with van der Waals surface area (Å²) in [6.45, 7) is 5.14. The highest BCUT2D eigenvalue weighted by Gasteiger charge is 2.34. The number of carbonyl (C=O) groups is 2. The molecule has 4 nitrogen and oxygen atoms in total. The van der Waals surface area contributed by atoms with E-state index in [0.29, 0.717) is 12.8 Å². The van der Waals surface area contributed by atoms with Gasteiger partial charge in [-0.25, -0.2) is 9.90 Å². The Kier molecular flexibility index (Phi) is 5.33. The van der Waals surface area contributed by atoms with Gasteiger partial charge in [0.15, 0.2) is 0 Å². The van der Waals surface area contributed by atoms with Gasteiger partial charge in [0, 0.05) is 6.42 Å². The van der Waals surface area contributed by atoms with E-state index >= 15 is 0 Å². The van der Waals surface area contributed by atoms with Crippen LogP contribution in [0.5, 0.6) is 0 Å². The fourth-order valence-electron chi connectivity index (χ4n) is 1.29. The standard InChI is InChI=1S/C11H19O4/c1-8(11(2,3)10(14)15)6-4-5-7-9(12)13/h8H,4-7H2,1-3H3,(H,12,13). The van der Waals surface area contributed by atoms with E-state index in [1.165, 1.54) is 0 Å². The molecule has 0 bridgehead atoms. The molecule has 0 aromatic heterocycles. The topological polar surface area (TPSA) is 74.3 Å². The van der Waals surface area contributed by atoms with Crippen LogP contribution in [0.1, 0.15) is 46.5 Å². The third kappa shape index (κ3) is 4.81. The van der Waals surface area contributed by atoms with Crippen molar-refractivity contribution in [1.82, 2.24) is 0 Å². The highest BCUT2D eigenvalue weighted by molar-refractivity contribution is 5.73. The molecule has 1 atom stereocenters. The van der Waals surface area contributed by atoms with Crippen molar-refractivity contribution in [3.63, 3.8) is 0 Å². The van der Waals surface area contributed by atoms with Gasteiger partial charge in [-0.15, -0.1) is 0 Å². The smallest absolute Gasteiger partial charge is 0.361 e. The SMILES string of the molecule is CC(CCCCC(=O)O)C(C)(C)C([O])=O. The van der Waals surface area contributed by atoms with Gasteiger partial charge in [0.2, 0.25) is 0 Å². The van der Waals surface area contributed by atoms with Crippen LogP contribution in [0.4, 0.5) is 0 Å². The van der Waals surface area contributed by atoms with E-state index in [0.717, 1.165) is 6.42 Å². The van der Waals surface area contributed by atoms with Crippen molar-refractivity contribution < 1.29 is 19.8 Å². The summed E-state index contributed by atoms with van der Waals surface area (Å²) in [5, 5.41) is 19.2. The van der Waals surface area contributed by atoms with Gasteiger partial charge in [-0.05, 0) is 32.6 Å². The molecule has 15 heavy (non-hydrogen) atoms. The molecule has 0 rings (SSSR count). The number of carboxylic acid groups (broad SMARTS) is 1. The van der Waals surface area contributed by atoms with Crippen molar-refractivity contribution in [2.24, 2.45) is 11.3 Å². The maximum absolute atomic E-state index is 10.8. The van der Waals surface area contributed by atoms with E-state index < -0.39 is 17.4 Å². The molecule has 4 heteroatoms. The lowest BCUT2D eigenvalue weighted by Crippen LogP contribution is -2.30. The first-order valence-electron chi connectivity index (χ1n) is 5.21. The molecule has 0 aliphatic carbocycles. The van der Waals surface area contributed by atoms with Crippen LogP contribution in [0.25, 0.3) is 0 Å². The zero-order valence-corrected chi connectivity index (χ0v) is 9.58. The summed E-state index contributed by atoms with van der Waals surface area (Å²) in [4.78, 5) is 21.0. The lowest BCUT2D eigenvalue weighted by molar-refractivity contribution is -0.156. The number of aliphatic carboxylic acids is 1. The molecule has 0 saturated carbocycles. The number of carbonyl (C=O) groups excluding carboxylic acids is 1. The molecule has 1 N–H and O–H groups in total. The normalized spacial score (nSPS) is 13.5. The average Bonchev–Trinajstić information content (AvgIpc) is 2.11. The molecule has 0 aliphatic rings. The number of carboxylic acids is 1. The Balaban J connectivity index is 3.88. The summed E-state index contributed by atoms with van der Waals surface area (Å²) in [7, 11) is 0. The van der Waals surface area contributed by atoms with Gasteiger partial charge in [0.1, 0.15) is 0 Å². The maximum atomic E-state index is 10.8. The minimum atomic E-state index is -1.05. The Labute approximate surface area is 90.3 Å². The zero-order chi connectivity index (χ0) is 12.1. The van der Waals surface area contributed by atoms with E-state index in [4.69, 9.17) is 5.11 Å². The van der Waals surface area contributed by atoms with E-state index in [1.54, 1.807) is 13.8 Å². The highest BCUT2D eigenvalue weighted by Crippen LogP contribution is 2.30. The molecule has 0 aliphatic heterocycles. The van der Waals surface area contributed by atoms with Gasteiger partial charge in [-0.1, -0.05) is 13.3 Å². The number of hydrogen-bond donors (Lipinski definition) is 1. The predicted molar refractivity (Wildman–Crippen MR) is 54.7 cm³/mol. The van der Waals surface area contributed by atoms with Crippen molar-refractivity contribution in [3.8, 4) is 0 Å². The Morgan fingerprint density at radius 2 is 1.80 bits per heavy atom. The molecule has 0 spiro atoms. The molecule has 87 valence electrons. The lowest BCUT2D eigenvalue weighted by atomic mass is 9.77. The van der Waals surface area contributed by atoms with Crippen LogP contribution >= 0.6 is 0 Å². The first kappa shape index (κ1) is 13.9. The summed E-state index contributed by atoms with van der Waals surface area (Å²) in [6, 6.07) is 0. The second-order valence-corrected chi connectivity index (χ2v) is 4.55. The zero-order valence-electron chi connectivity index (χ0n) is 9.58. The van der Waals surface area contributed by atoms with Crippen LogP contribution in [0.2, 0.25) is 0 Å². The molecule has 0 aromatic rings. The minimum absolute atomic E-state index is 0.00343. The van der Waals surface area contributed by atoms with Crippen molar-refractivity contribution >= 4 is 11.9 Å². The quantitative estimate of drug-likeness (QED) is 0.662. The molecule has 0 fully saturated rings. The average molecular weight is 215 g/mol. The second-order valence-electron chi connectivity index (χ2n) is 4.55. The van der Waals surface area contributed by atoms with Gasteiger partial charge >= 0.3 is 11.9 Å². The fraction of sp³-hybridized carbons (Fsp3) is 0.818. The first-order valence-corrected chi connectivity index (χ1v) is 5.21. The van der Waals surface area contributed by atoms with E-state index in [9.17, 15) is 14.7 Å². The van der Waals surface area contributed by atoms with Crippen LogP contribution in [0.3, 0.4) is 0 Å². The molecule has 0 aromatic carbocycles. The minimum Gasteiger partial charge on any atom is -0.481 e. The molecule has 0 amide bonds. The van der Waals surface area contributed by atoms with E-state index in [2.05, 4.69) is 0 Å². The maximum Gasteiger partial charge on any atom is 0.361 e. The molecule has 0 saturated heterocycles. The third-order valence-electron chi connectivity index (χ3n) is 3.04. The van der Waals surface area contributed by atoms with Crippen molar-refractivity contribution in [2.45, 2.75) is 46.5 Å². The highest BCUT2D eigenvalue weighted by atomic mass is 16.4. The predicted octanol–water partition coefficient (Wildman–Crippen LogP) is 2.25. The molecular formula is C11H19O4. The third-order valence-corrected chi connectivity index (χ3v) is 3.04. The summed E-state index contributed by atoms with van der Waals surface area (Å²) >= 11 is 0. The van der Waals surface area contributed by atoms with Crippen molar-refractivity contribution in [3.05, 3.63) is 0 Å². The Morgan fingerprint density at radius 1 is 1.27 bits per heavy atom. The van der Waals surface area contributed by atoms with Crippen LogP contribution in [0, 0.1) is 11.3 Å². The largest absolute Gasteiger partial charge is 0.481 e. The van der Waals surface area contributed by atoms with E-state index in [-0.39, 0.29) is 12.3 Å². The monoisotopic (exact) mass is 215 g/mol. The molecule has 1 radical (unpaired) electrons. The first-order chi connectivity index (χ1) is 6.78. The van der Waals surface area contributed by atoms with Crippen molar-refractivity contribution in [1.29, 1.82) is 0 Å². The van der Waals surface area contributed by atoms with Gasteiger partial charge in [-0.2, -0.15) is 0 Å². The molecular weight excluding hydrogens is 196 g/mol. The summed E-state index contributed by atoms with van der Waals surface area (Å²) in [5.41, 5.74) is -0.844. The molecule has 0 heterocycles. The van der Waals surface area contributed by atoms with Crippen LogP contribution in [0.15, 0.2) is 0 Å². The Bertz CT molecular complexity index is 233. The number of unbranched alkanes of at least 4 members (excludes halogenated alkanes) is 1. The summed E-state index contributed by atoms with van der Waals surface area (Å²) in [6.07, 6.45) is 2.21. The second kappa shape index (κ2) is 5.73. The van der Waals surface area contributed by atoms with Crippen LogP contribution in [-0.4, -0.2) is 17.0 Å². The van der Waals surface area contributed by atoms with Gasteiger partial charge in [0.05, 0.1) is 5.41 Å². The number of hydrogen-bond acceptors (Lipinski definition) is 2. The van der Waals surface area contributed by atoms with Gasteiger partial charge < -0.3 is 5.11 Å². The van der Waals surface area contributed by atoms with Gasteiger partial charge in [0.25, 0.3) is 0 Å². The molecule has 1 unspecified atom stereocenters. The van der Waals surface area contributed by atoms with E-state index in [1.807, 2.05) is 6.92 Å². The van der Waals surface area contributed by atoms with Crippen LogP contribution < -0.4 is 0 Å². The lowest BCUT2D eigenvalue weighted by Gasteiger charge is -2.25. The summed E-state index contributed by atoms with van der Waals surface area (Å²) in [5.74, 6) is -1.86.